The predicted molar refractivity (Wildman–Crippen MR) is 92.3 cm³/mol. The summed E-state index contributed by atoms with van der Waals surface area (Å²) in [4.78, 5) is 0. The molecule has 0 fully saturated rings. The summed E-state index contributed by atoms with van der Waals surface area (Å²) in [7, 11) is 0. The molecule has 0 bridgehead atoms. The smallest absolute Gasteiger partial charge is 0.0409 e. The molecule has 2 aromatic rings. The van der Waals surface area contributed by atoms with Crippen LogP contribution in [-0.2, 0) is 12.8 Å². The fourth-order valence-corrected chi connectivity index (χ4v) is 4.29. The van der Waals surface area contributed by atoms with Crippen molar-refractivity contribution >= 4 is 22.9 Å². The van der Waals surface area contributed by atoms with E-state index in [0.717, 1.165) is 17.9 Å². The summed E-state index contributed by atoms with van der Waals surface area (Å²) in [5, 5.41) is 9.06. The largest absolute Gasteiger partial charge is 0.307 e. The van der Waals surface area contributed by atoms with E-state index >= 15 is 0 Å². The van der Waals surface area contributed by atoms with Crippen molar-refractivity contribution in [2.45, 2.75) is 45.7 Å². The maximum atomic E-state index is 6.21. The van der Waals surface area contributed by atoms with Crippen LogP contribution in [0.25, 0.3) is 0 Å². The van der Waals surface area contributed by atoms with Gasteiger partial charge < -0.3 is 5.32 Å². The maximum Gasteiger partial charge on any atom is 0.0409 e. The Labute approximate surface area is 136 Å². The minimum atomic E-state index is 0.232. The molecule has 0 aliphatic heterocycles. The Morgan fingerprint density at radius 2 is 2.19 bits per heavy atom. The number of hydrogen-bond acceptors (Lipinski definition) is 2. The van der Waals surface area contributed by atoms with Crippen molar-refractivity contribution in [1.82, 2.24) is 5.32 Å². The highest BCUT2D eigenvalue weighted by atomic mass is 35.5. The summed E-state index contributed by atoms with van der Waals surface area (Å²) in [6.07, 6.45) is 2.19. The molecule has 0 saturated heterocycles. The van der Waals surface area contributed by atoms with Gasteiger partial charge in [-0.05, 0) is 70.8 Å². The molecule has 2 unspecified atom stereocenters. The van der Waals surface area contributed by atoms with Crippen molar-refractivity contribution < 1.29 is 0 Å². The number of rotatable bonds is 4. The van der Waals surface area contributed by atoms with E-state index in [-0.39, 0.29) is 5.41 Å². The highest BCUT2D eigenvalue weighted by molar-refractivity contribution is 7.07. The molecular weight excluding hydrogens is 298 g/mol. The predicted octanol–water partition coefficient (Wildman–Crippen LogP) is 5.25. The van der Waals surface area contributed by atoms with Crippen LogP contribution in [0.1, 0.15) is 43.5 Å². The monoisotopic (exact) mass is 319 g/mol. The molecule has 1 aromatic carbocycles. The Morgan fingerprint density at radius 1 is 1.38 bits per heavy atom. The SMILES string of the molecule is CC(Cc1ccsc1)NC1c2cc(Cl)ccc2CC1(C)C. The van der Waals surface area contributed by atoms with Crippen LogP contribution < -0.4 is 5.32 Å². The van der Waals surface area contributed by atoms with Crippen molar-refractivity contribution in [2.24, 2.45) is 5.41 Å². The van der Waals surface area contributed by atoms with Gasteiger partial charge in [0.1, 0.15) is 0 Å². The van der Waals surface area contributed by atoms with Crippen LogP contribution in [0.2, 0.25) is 5.02 Å². The van der Waals surface area contributed by atoms with E-state index in [9.17, 15) is 0 Å². The minimum absolute atomic E-state index is 0.232. The third kappa shape index (κ3) is 3.18. The van der Waals surface area contributed by atoms with Gasteiger partial charge in [0.2, 0.25) is 0 Å². The van der Waals surface area contributed by atoms with Gasteiger partial charge in [0.25, 0.3) is 0 Å². The molecule has 1 heterocycles. The molecule has 21 heavy (non-hydrogen) atoms. The molecule has 1 aliphatic rings. The van der Waals surface area contributed by atoms with Crippen molar-refractivity contribution in [3.05, 3.63) is 56.7 Å². The van der Waals surface area contributed by atoms with E-state index in [2.05, 4.69) is 55.0 Å². The van der Waals surface area contributed by atoms with Crippen LogP contribution in [0.3, 0.4) is 0 Å². The third-order valence-electron chi connectivity index (χ3n) is 4.42. The molecule has 112 valence electrons. The highest BCUT2D eigenvalue weighted by Gasteiger charge is 2.39. The second-order valence-electron chi connectivity index (χ2n) is 6.84. The number of benzene rings is 1. The number of fused-ring (bicyclic) bond motifs is 1. The molecule has 0 spiro atoms. The average Bonchev–Trinajstić information content (AvgIpc) is 2.98. The zero-order valence-corrected chi connectivity index (χ0v) is 14.4. The molecular formula is C18H22ClNS. The molecule has 1 aliphatic carbocycles. The average molecular weight is 320 g/mol. The third-order valence-corrected chi connectivity index (χ3v) is 5.39. The van der Waals surface area contributed by atoms with Crippen molar-refractivity contribution in [3.63, 3.8) is 0 Å². The van der Waals surface area contributed by atoms with Gasteiger partial charge in [-0.25, -0.2) is 0 Å². The van der Waals surface area contributed by atoms with E-state index < -0.39 is 0 Å². The molecule has 3 heteroatoms. The van der Waals surface area contributed by atoms with E-state index in [0.29, 0.717) is 12.1 Å². The lowest BCUT2D eigenvalue weighted by Crippen LogP contribution is -2.38. The summed E-state index contributed by atoms with van der Waals surface area (Å²) >= 11 is 7.98. The van der Waals surface area contributed by atoms with Gasteiger partial charge in [0.15, 0.2) is 0 Å². The summed E-state index contributed by atoms with van der Waals surface area (Å²) in [5.41, 5.74) is 4.46. The van der Waals surface area contributed by atoms with Crippen LogP contribution in [0.15, 0.2) is 35.0 Å². The Bertz CT molecular complexity index is 618. The van der Waals surface area contributed by atoms with Crippen LogP contribution in [0.5, 0.6) is 0 Å². The van der Waals surface area contributed by atoms with Crippen LogP contribution in [0.4, 0.5) is 0 Å². The van der Waals surface area contributed by atoms with E-state index in [4.69, 9.17) is 11.6 Å². The maximum absolute atomic E-state index is 6.21. The second kappa shape index (κ2) is 5.75. The van der Waals surface area contributed by atoms with Crippen molar-refractivity contribution in [1.29, 1.82) is 0 Å². The highest BCUT2D eigenvalue weighted by Crippen LogP contribution is 2.46. The molecule has 1 N–H and O–H groups in total. The van der Waals surface area contributed by atoms with Crippen LogP contribution in [0, 0.1) is 5.41 Å². The van der Waals surface area contributed by atoms with Gasteiger partial charge in [0, 0.05) is 17.1 Å². The standard InChI is InChI=1S/C18H22ClNS/c1-12(8-13-6-7-21-11-13)20-17-16-9-15(19)5-4-14(16)10-18(17,2)3/h4-7,9,11-12,17,20H,8,10H2,1-3H3. The lowest BCUT2D eigenvalue weighted by Gasteiger charge is -2.31. The number of hydrogen-bond donors (Lipinski definition) is 1. The first-order chi connectivity index (χ1) is 9.95. The molecule has 0 saturated carbocycles. The van der Waals surface area contributed by atoms with Gasteiger partial charge in [0.05, 0.1) is 0 Å². The zero-order valence-electron chi connectivity index (χ0n) is 12.8. The van der Waals surface area contributed by atoms with E-state index in [1.165, 1.54) is 16.7 Å². The second-order valence-corrected chi connectivity index (χ2v) is 8.06. The molecule has 2 atom stereocenters. The number of halogens is 1. The Kier molecular flexibility index (Phi) is 4.13. The van der Waals surface area contributed by atoms with Crippen molar-refractivity contribution in [3.8, 4) is 0 Å². The summed E-state index contributed by atoms with van der Waals surface area (Å²) < 4.78 is 0. The van der Waals surface area contributed by atoms with Crippen LogP contribution >= 0.6 is 22.9 Å². The first kappa shape index (κ1) is 15.1. The molecule has 1 nitrogen and oxygen atoms in total. The lowest BCUT2D eigenvalue weighted by molar-refractivity contribution is 0.251. The number of nitrogens with one attached hydrogen (secondary N) is 1. The van der Waals surface area contributed by atoms with E-state index in [1.54, 1.807) is 11.3 Å². The zero-order chi connectivity index (χ0) is 15.0. The molecule has 3 rings (SSSR count). The fourth-order valence-electron chi connectivity index (χ4n) is 3.43. The quantitative estimate of drug-likeness (QED) is 0.812. The van der Waals surface area contributed by atoms with Gasteiger partial charge in [-0.1, -0.05) is 31.5 Å². The topological polar surface area (TPSA) is 12.0 Å². The molecule has 0 amide bonds. The van der Waals surface area contributed by atoms with Gasteiger partial charge >= 0.3 is 0 Å². The van der Waals surface area contributed by atoms with Gasteiger partial charge in [-0.15, -0.1) is 0 Å². The Balaban J connectivity index is 1.79. The Hall–Kier alpha value is -0.830. The van der Waals surface area contributed by atoms with Crippen LogP contribution in [-0.4, -0.2) is 6.04 Å². The van der Waals surface area contributed by atoms with Gasteiger partial charge in [-0.2, -0.15) is 11.3 Å². The lowest BCUT2D eigenvalue weighted by atomic mass is 9.85. The molecule has 1 aromatic heterocycles. The van der Waals surface area contributed by atoms with E-state index in [1.807, 2.05) is 6.07 Å². The minimum Gasteiger partial charge on any atom is -0.307 e. The summed E-state index contributed by atoms with van der Waals surface area (Å²) in [6.45, 7) is 6.96. The number of thiophene rings is 1. The Morgan fingerprint density at radius 3 is 2.90 bits per heavy atom. The summed E-state index contributed by atoms with van der Waals surface area (Å²) in [5.74, 6) is 0. The van der Waals surface area contributed by atoms with Gasteiger partial charge in [-0.3, -0.25) is 0 Å². The summed E-state index contributed by atoms with van der Waals surface area (Å²) in [6, 6.07) is 9.38. The van der Waals surface area contributed by atoms with Crippen molar-refractivity contribution in [2.75, 3.05) is 0 Å². The first-order valence-electron chi connectivity index (χ1n) is 7.51. The fraction of sp³-hybridized carbons (Fsp3) is 0.444. The first-order valence-corrected chi connectivity index (χ1v) is 8.83. The normalized spacial score (nSPS) is 21.2. The molecule has 0 radical (unpaired) electrons.